The maximum absolute atomic E-state index is 13.8. The van der Waals surface area contributed by atoms with E-state index in [-0.39, 0.29) is 49.3 Å². The Labute approximate surface area is 204 Å². The lowest BCUT2D eigenvalue weighted by molar-refractivity contribution is -0.189. The molecule has 3 fully saturated rings. The first-order valence-electron chi connectivity index (χ1n) is 12.1. The predicted octanol–water partition coefficient (Wildman–Crippen LogP) is 2.88. The Balaban J connectivity index is 1.46. The molecule has 1 saturated carbocycles. The first-order valence-corrected chi connectivity index (χ1v) is 12.1. The number of likely N-dealkylation sites (N-methyl/N-ethyl adjacent to an activating group) is 1. The van der Waals surface area contributed by atoms with Crippen molar-refractivity contribution >= 4 is 17.8 Å². The summed E-state index contributed by atoms with van der Waals surface area (Å²) in [6.45, 7) is 0.477. The van der Waals surface area contributed by atoms with Gasteiger partial charge < -0.3 is 15.1 Å². The van der Waals surface area contributed by atoms with Gasteiger partial charge in [0.1, 0.15) is 18.0 Å². The van der Waals surface area contributed by atoms with Gasteiger partial charge in [0.2, 0.25) is 11.8 Å². The van der Waals surface area contributed by atoms with E-state index in [1.165, 1.54) is 12.1 Å². The zero-order valence-corrected chi connectivity index (χ0v) is 19.8. The van der Waals surface area contributed by atoms with Crippen LogP contribution in [-0.2, 0) is 16.1 Å². The summed E-state index contributed by atoms with van der Waals surface area (Å²) >= 11 is 0. The van der Waals surface area contributed by atoms with Gasteiger partial charge in [0.25, 0.3) is 0 Å². The molecule has 2 saturated heterocycles. The average molecular weight is 480 g/mol. The quantitative estimate of drug-likeness (QED) is 0.732. The number of urea groups is 1. The number of carbonyl (C=O) groups is 3. The third kappa shape index (κ3) is 4.48. The molecule has 2 aliphatic heterocycles. The zero-order chi connectivity index (χ0) is 24.5. The topological polar surface area (TPSA) is 76.2 Å². The Bertz CT molecular complexity index is 1090. The van der Waals surface area contributed by atoms with Crippen LogP contribution in [0.15, 0.2) is 54.6 Å². The molecule has 2 aromatic carbocycles. The van der Waals surface area contributed by atoms with E-state index in [1.807, 2.05) is 35.2 Å². The Kier molecular flexibility index (Phi) is 6.42. The van der Waals surface area contributed by atoms with Crippen molar-refractivity contribution in [2.24, 2.45) is 0 Å². The highest BCUT2D eigenvalue weighted by Gasteiger charge is 2.52. The number of hydrazine groups is 1. The molecule has 0 spiro atoms. The molecule has 2 heterocycles. The minimum Gasteiger partial charge on any atom is -0.334 e. The summed E-state index contributed by atoms with van der Waals surface area (Å²) in [5, 5.41) is 6.07. The van der Waals surface area contributed by atoms with Crippen molar-refractivity contribution in [3.05, 3.63) is 71.5 Å². The van der Waals surface area contributed by atoms with Crippen molar-refractivity contribution in [3.63, 3.8) is 0 Å². The smallest absolute Gasteiger partial charge is 0.334 e. The number of hydrogen-bond donors (Lipinski definition) is 1. The van der Waals surface area contributed by atoms with E-state index >= 15 is 0 Å². The van der Waals surface area contributed by atoms with E-state index in [1.54, 1.807) is 34.1 Å². The number of rotatable bonds is 4. The van der Waals surface area contributed by atoms with Crippen molar-refractivity contribution < 1.29 is 18.8 Å². The lowest BCUT2D eigenvalue weighted by Gasteiger charge is -2.55. The molecule has 0 aromatic heterocycles. The van der Waals surface area contributed by atoms with Crippen LogP contribution >= 0.6 is 0 Å². The number of halogens is 1. The third-order valence-electron chi connectivity index (χ3n) is 7.22. The maximum Gasteiger partial charge on any atom is 0.334 e. The molecule has 1 aliphatic carbocycles. The molecular weight excluding hydrogens is 449 g/mol. The average Bonchev–Trinajstić information content (AvgIpc) is 3.39. The van der Waals surface area contributed by atoms with Gasteiger partial charge in [-0.05, 0) is 36.1 Å². The van der Waals surface area contributed by atoms with Gasteiger partial charge in [-0.3, -0.25) is 9.59 Å². The van der Waals surface area contributed by atoms with Crippen molar-refractivity contribution in [2.75, 3.05) is 20.1 Å². The molecule has 4 amide bonds. The van der Waals surface area contributed by atoms with Crippen LogP contribution in [0.25, 0.3) is 0 Å². The highest BCUT2D eigenvalue weighted by atomic mass is 19.1. The maximum atomic E-state index is 13.8. The molecule has 0 unspecified atom stereocenters. The number of benzene rings is 2. The lowest BCUT2D eigenvalue weighted by atomic mass is 9.97. The van der Waals surface area contributed by atoms with Crippen LogP contribution in [0.3, 0.4) is 0 Å². The fourth-order valence-electron chi connectivity index (χ4n) is 5.52. The normalized spacial score (nSPS) is 23.5. The van der Waals surface area contributed by atoms with Gasteiger partial charge in [-0.15, -0.1) is 0 Å². The van der Waals surface area contributed by atoms with Crippen LogP contribution < -0.4 is 5.32 Å². The largest absolute Gasteiger partial charge is 0.334 e. The van der Waals surface area contributed by atoms with E-state index < -0.39 is 12.2 Å². The van der Waals surface area contributed by atoms with Gasteiger partial charge in [-0.25, -0.2) is 19.2 Å². The molecule has 184 valence electrons. The molecule has 2 atom stereocenters. The van der Waals surface area contributed by atoms with Crippen LogP contribution in [0, 0.1) is 5.82 Å². The fourth-order valence-corrected chi connectivity index (χ4v) is 5.52. The van der Waals surface area contributed by atoms with Crippen molar-refractivity contribution in [3.8, 4) is 0 Å². The van der Waals surface area contributed by atoms with Gasteiger partial charge in [-0.1, -0.05) is 55.3 Å². The molecule has 35 heavy (non-hydrogen) atoms. The molecule has 1 N–H and O–H groups in total. The van der Waals surface area contributed by atoms with Gasteiger partial charge in [0.05, 0.1) is 13.1 Å². The fraction of sp³-hybridized carbons (Fsp3) is 0.423. The number of fused-ring (bicyclic) bond motifs is 1. The number of piperazine rings is 1. The standard InChI is InChI=1S/C26H30FN5O3/c1-29-17-23(33)31-22(32(29)26(35)28-15-18-11-13-20(27)14-12-18)16-30(21-9-5-6-10-21)25(34)24(31)19-7-3-2-4-8-19/h2-4,7-8,11-14,21-22,24H,5-6,9-10,15-17H2,1H3,(H,28,35)/t22-,24-/m0/s1. The van der Waals surface area contributed by atoms with Gasteiger partial charge in [0, 0.05) is 19.6 Å². The minimum absolute atomic E-state index is 0.0134. The molecule has 8 nitrogen and oxygen atoms in total. The molecule has 0 bridgehead atoms. The van der Waals surface area contributed by atoms with E-state index in [2.05, 4.69) is 5.32 Å². The highest BCUT2D eigenvalue weighted by molar-refractivity contribution is 5.92. The summed E-state index contributed by atoms with van der Waals surface area (Å²) < 4.78 is 13.3. The number of nitrogens with one attached hydrogen (secondary N) is 1. The third-order valence-corrected chi connectivity index (χ3v) is 7.22. The lowest BCUT2D eigenvalue weighted by Crippen LogP contribution is -2.74. The summed E-state index contributed by atoms with van der Waals surface area (Å²) in [7, 11) is 1.71. The Hall–Kier alpha value is -3.46. The molecule has 5 rings (SSSR count). The summed E-state index contributed by atoms with van der Waals surface area (Å²) in [4.78, 5) is 44.0. The van der Waals surface area contributed by atoms with Crippen LogP contribution in [0.5, 0.6) is 0 Å². The number of nitrogens with zero attached hydrogens (tertiary/aromatic N) is 4. The minimum atomic E-state index is -0.774. The summed E-state index contributed by atoms with van der Waals surface area (Å²) in [6.07, 6.45) is 3.37. The van der Waals surface area contributed by atoms with Crippen LogP contribution in [0.1, 0.15) is 42.9 Å². The van der Waals surface area contributed by atoms with Crippen molar-refractivity contribution in [1.29, 1.82) is 0 Å². The zero-order valence-electron chi connectivity index (χ0n) is 19.8. The monoisotopic (exact) mass is 479 g/mol. The first-order chi connectivity index (χ1) is 16.9. The highest BCUT2D eigenvalue weighted by Crippen LogP contribution is 2.37. The Morgan fingerprint density at radius 2 is 1.71 bits per heavy atom. The summed E-state index contributed by atoms with van der Waals surface area (Å²) in [5.74, 6) is -0.604. The summed E-state index contributed by atoms with van der Waals surface area (Å²) in [5.41, 5.74) is 1.51. The predicted molar refractivity (Wildman–Crippen MR) is 127 cm³/mol. The molecule has 2 aromatic rings. The van der Waals surface area contributed by atoms with Gasteiger partial charge >= 0.3 is 6.03 Å². The van der Waals surface area contributed by atoms with Gasteiger partial charge in [0.15, 0.2) is 0 Å². The molecule has 3 aliphatic rings. The number of carbonyl (C=O) groups excluding carboxylic acids is 3. The molecular formula is C26H30FN5O3. The van der Waals surface area contributed by atoms with E-state index in [9.17, 15) is 18.8 Å². The molecule has 9 heteroatoms. The second kappa shape index (κ2) is 9.65. The number of amides is 4. The second-order valence-electron chi connectivity index (χ2n) is 9.47. The number of hydrogen-bond acceptors (Lipinski definition) is 4. The Morgan fingerprint density at radius 1 is 1.03 bits per heavy atom. The van der Waals surface area contributed by atoms with E-state index in [0.717, 1.165) is 36.8 Å². The van der Waals surface area contributed by atoms with Crippen LogP contribution in [0.4, 0.5) is 9.18 Å². The van der Waals surface area contributed by atoms with Crippen molar-refractivity contribution in [1.82, 2.24) is 25.1 Å². The second-order valence-corrected chi connectivity index (χ2v) is 9.47. The van der Waals surface area contributed by atoms with Crippen molar-refractivity contribution in [2.45, 2.75) is 50.5 Å². The van der Waals surface area contributed by atoms with Gasteiger partial charge in [-0.2, -0.15) is 0 Å². The van der Waals surface area contributed by atoms with Crippen LogP contribution in [0.2, 0.25) is 0 Å². The summed E-state index contributed by atoms with van der Waals surface area (Å²) in [6, 6.07) is 14.2. The van der Waals surface area contributed by atoms with Crippen LogP contribution in [-0.4, -0.2) is 70.0 Å². The van der Waals surface area contributed by atoms with E-state index in [0.29, 0.717) is 0 Å². The van der Waals surface area contributed by atoms with E-state index in [4.69, 9.17) is 0 Å². The molecule has 0 radical (unpaired) electrons. The Morgan fingerprint density at radius 3 is 2.40 bits per heavy atom. The SMILES string of the molecule is CN1CC(=O)N2[C@@H](c3ccccc3)C(=O)N(C3CCCC3)C[C@@H]2N1C(=O)NCc1ccc(F)cc1. The first kappa shape index (κ1) is 23.3.